The number of halogens is 1. The van der Waals surface area contributed by atoms with Gasteiger partial charge in [0.2, 0.25) is 0 Å². The van der Waals surface area contributed by atoms with Crippen LogP contribution in [0.15, 0.2) is 0 Å². The normalized spacial score (nSPS) is 35.9. The number of ketones is 1. The molecule has 0 aromatic carbocycles. The molecule has 12 heavy (non-hydrogen) atoms. The summed E-state index contributed by atoms with van der Waals surface area (Å²) >= 11 is 0. The lowest BCUT2D eigenvalue weighted by atomic mass is 9.81. The largest absolute Gasteiger partial charge is 0.305 e. The van der Waals surface area contributed by atoms with Crippen LogP contribution in [-0.4, -0.2) is 30.8 Å². The van der Waals surface area contributed by atoms with Crippen LogP contribution in [-0.2, 0) is 4.79 Å². The Hall–Kier alpha value is -0.0800. The molecular formula is C9H16ClNO. The van der Waals surface area contributed by atoms with Gasteiger partial charge in [-0.25, -0.2) is 0 Å². The molecule has 0 aromatic heterocycles. The Bertz CT molecular complexity index is 183. The molecule has 0 unspecified atom stereocenters. The Morgan fingerprint density at radius 2 is 2.17 bits per heavy atom. The summed E-state index contributed by atoms with van der Waals surface area (Å²) in [6.07, 6.45) is 3.25. The van der Waals surface area contributed by atoms with Crippen LogP contribution < -0.4 is 0 Å². The van der Waals surface area contributed by atoms with Crippen LogP contribution in [0.5, 0.6) is 0 Å². The number of hydrogen-bond donors (Lipinski definition) is 0. The van der Waals surface area contributed by atoms with Gasteiger partial charge in [-0.2, -0.15) is 0 Å². The zero-order valence-corrected chi connectivity index (χ0v) is 8.27. The van der Waals surface area contributed by atoms with Gasteiger partial charge in [0.05, 0.1) is 0 Å². The number of rotatable bonds is 0. The molecule has 2 aliphatic rings. The standard InChI is InChI=1S/C9H15NO.ClH/c1-10-5-7-3-2-4-9(11)8(7)6-10;/h7-8H,2-6H2,1H3;1H/t7-,8+;/m0./s1. The second kappa shape index (κ2) is 3.75. The van der Waals surface area contributed by atoms with E-state index in [2.05, 4.69) is 11.9 Å². The zero-order valence-electron chi connectivity index (χ0n) is 7.45. The van der Waals surface area contributed by atoms with Crippen LogP contribution in [0.1, 0.15) is 19.3 Å². The molecule has 1 aliphatic carbocycles. The molecule has 70 valence electrons. The fraction of sp³-hybridized carbons (Fsp3) is 0.889. The minimum absolute atomic E-state index is 0. The van der Waals surface area contributed by atoms with Crippen molar-refractivity contribution in [1.82, 2.24) is 4.90 Å². The van der Waals surface area contributed by atoms with E-state index in [1.54, 1.807) is 0 Å². The molecule has 2 rings (SSSR count). The Morgan fingerprint density at radius 1 is 1.42 bits per heavy atom. The summed E-state index contributed by atoms with van der Waals surface area (Å²) in [5.74, 6) is 1.61. The highest BCUT2D eigenvalue weighted by Crippen LogP contribution is 2.32. The van der Waals surface area contributed by atoms with Crippen LogP contribution in [0.25, 0.3) is 0 Å². The Balaban J connectivity index is 0.000000720. The SMILES string of the molecule is CN1C[C@@H]2CCCC(=O)[C@@H]2C1.Cl. The molecular weight excluding hydrogens is 174 g/mol. The van der Waals surface area contributed by atoms with E-state index >= 15 is 0 Å². The molecule has 2 fully saturated rings. The van der Waals surface area contributed by atoms with E-state index < -0.39 is 0 Å². The van der Waals surface area contributed by atoms with E-state index in [0.717, 1.165) is 25.9 Å². The lowest BCUT2D eigenvalue weighted by Crippen LogP contribution is -2.26. The molecule has 0 aromatic rings. The average molecular weight is 190 g/mol. The summed E-state index contributed by atoms with van der Waals surface area (Å²) in [5.41, 5.74) is 0. The third-order valence-electron chi connectivity index (χ3n) is 3.04. The van der Waals surface area contributed by atoms with Crippen molar-refractivity contribution < 1.29 is 4.79 Å². The van der Waals surface area contributed by atoms with Crippen molar-refractivity contribution >= 4 is 18.2 Å². The van der Waals surface area contributed by atoms with Gasteiger partial charge < -0.3 is 4.90 Å². The Morgan fingerprint density at radius 3 is 2.83 bits per heavy atom. The van der Waals surface area contributed by atoms with Crippen LogP contribution in [0, 0.1) is 11.8 Å². The smallest absolute Gasteiger partial charge is 0.137 e. The molecule has 0 spiro atoms. The van der Waals surface area contributed by atoms with Gasteiger partial charge in [-0.05, 0) is 25.8 Å². The van der Waals surface area contributed by atoms with E-state index in [0.29, 0.717) is 17.6 Å². The highest BCUT2D eigenvalue weighted by molar-refractivity contribution is 5.85. The summed E-state index contributed by atoms with van der Waals surface area (Å²) in [5, 5.41) is 0. The minimum atomic E-state index is 0. The molecule has 1 heterocycles. The van der Waals surface area contributed by atoms with Crippen molar-refractivity contribution in [1.29, 1.82) is 0 Å². The monoisotopic (exact) mass is 189 g/mol. The van der Waals surface area contributed by atoms with Crippen LogP contribution in [0.2, 0.25) is 0 Å². The summed E-state index contributed by atoms with van der Waals surface area (Å²) in [7, 11) is 2.12. The second-order valence-corrected chi connectivity index (χ2v) is 3.95. The maximum Gasteiger partial charge on any atom is 0.137 e. The van der Waals surface area contributed by atoms with Crippen molar-refractivity contribution in [2.45, 2.75) is 19.3 Å². The molecule has 1 saturated heterocycles. The minimum Gasteiger partial charge on any atom is -0.305 e. The van der Waals surface area contributed by atoms with Crippen molar-refractivity contribution in [2.24, 2.45) is 11.8 Å². The van der Waals surface area contributed by atoms with Crippen molar-refractivity contribution in [3.05, 3.63) is 0 Å². The van der Waals surface area contributed by atoms with E-state index in [-0.39, 0.29) is 12.4 Å². The number of nitrogens with zero attached hydrogens (tertiary/aromatic N) is 1. The molecule has 0 amide bonds. The number of fused-ring (bicyclic) bond motifs is 1. The number of hydrogen-bond acceptors (Lipinski definition) is 2. The Kier molecular flexibility index (Phi) is 3.13. The molecule has 0 radical (unpaired) electrons. The quantitative estimate of drug-likeness (QED) is 0.573. The highest BCUT2D eigenvalue weighted by atomic mass is 35.5. The maximum absolute atomic E-state index is 11.4. The first kappa shape index (κ1) is 10.0. The Labute approximate surface area is 79.7 Å². The van der Waals surface area contributed by atoms with Crippen molar-refractivity contribution in [2.75, 3.05) is 20.1 Å². The van der Waals surface area contributed by atoms with Crippen LogP contribution in [0.3, 0.4) is 0 Å². The topological polar surface area (TPSA) is 20.3 Å². The maximum atomic E-state index is 11.4. The van der Waals surface area contributed by atoms with Gasteiger partial charge in [0.25, 0.3) is 0 Å². The van der Waals surface area contributed by atoms with E-state index in [1.165, 1.54) is 6.42 Å². The number of Topliss-reactive ketones (excluding diaryl/α,β-unsaturated/α-hetero) is 1. The highest BCUT2D eigenvalue weighted by Gasteiger charge is 2.37. The fourth-order valence-corrected chi connectivity index (χ4v) is 2.47. The predicted octanol–water partition coefficient (Wildman–Crippen LogP) is 1.34. The van der Waals surface area contributed by atoms with E-state index in [1.807, 2.05) is 0 Å². The number of carbonyl (C=O) groups excluding carboxylic acids is 1. The molecule has 1 saturated carbocycles. The van der Waals surface area contributed by atoms with Gasteiger partial charge in [0, 0.05) is 25.4 Å². The third-order valence-corrected chi connectivity index (χ3v) is 3.04. The summed E-state index contributed by atoms with van der Waals surface area (Å²) in [6, 6.07) is 0. The molecule has 3 heteroatoms. The molecule has 0 bridgehead atoms. The van der Waals surface area contributed by atoms with Gasteiger partial charge in [0.1, 0.15) is 5.78 Å². The molecule has 0 N–H and O–H groups in total. The summed E-state index contributed by atoms with van der Waals surface area (Å²) < 4.78 is 0. The van der Waals surface area contributed by atoms with Crippen molar-refractivity contribution in [3.8, 4) is 0 Å². The molecule has 2 atom stereocenters. The average Bonchev–Trinajstić information content (AvgIpc) is 2.31. The molecule has 1 aliphatic heterocycles. The number of carbonyl (C=O) groups is 1. The van der Waals surface area contributed by atoms with Crippen LogP contribution >= 0.6 is 12.4 Å². The second-order valence-electron chi connectivity index (χ2n) is 3.95. The fourth-order valence-electron chi connectivity index (χ4n) is 2.47. The molecule has 2 nitrogen and oxygen atoms in total. The van der Waals surface area contributed by atoms with Gasteiger partial charge in [-0.3, -0.25) is 4.79 Å². The first-order valence-corrected chi connectivity index (χ1v) is 4.48. The van der Waals surface area contributed by atoms with E-state index in [4.69, 9.17) is 0 Å². The van der Waals surface area contributed by atoms with E-state index in [9.17, 15) is 4.79 Å². The van der Waals surface area contributed by atoms with Gasteiger partial charge >= 0.3 is 0 Å². The van der Waals surface area contributed by atoms with Crippen LogP contribution in [0.4, 0.5) is 0 Å². The van der Waals surface area contributed by atoms with Gasteiger partial charge in [0.15, 0.2) is 0 Å². The lowest BCUT2D eigenvalue weighted by molar-refractivity contribution is -0.125. The van der Waals surface area contributed by atoms with Gasteiger partial charge in [-0.1, -0.05) is 0 Å². The first-order valence-electron chi connectivity index (χ1n) is 4.48. The lowest BCUT2D eigenvalue weighted by Gasteiger charge is -2.21. The first-order chi connectivity index (χ1) is 5.27. The predicted molar refractivity (Wildman–Crippen MR) is 50.6 cm³/mol. The summed E-state index contributed by atoms with van der Waals surface area (Å²) in [6.45, 7) is 2.17. The third kappa shape index (κ3) is 1.64. The van der Waals surface area contributed by atoms with Crippen molar-refractivity contribution in [3.63, 3.8) is 0 Å². The zero-order chi connectivity index (χ0) is 7.84. The number of likely N-dealkylation sites (tertiary alicyclic amines) is 1. The van der Waals surface area contributed by atoms with Gasteiger partial charge in [-0.15, -0.1) is 12.4 Å². The summed E-state index contributed by atoms with van der Waals surface area (Å²) in [4.78, 5) is 13.7.